The number of nitrogen functional groups attached to an aromatic ring is 1. The first kappa shape index (κ1) is 18.0. The number of hydrogen-bond donors (Lipinski definition) is 3. The highest BCUT2D eigenvalue weighted by atomic mass is 16.2. The Kier molecular flexibility index (Phi) is 4.73. The maximum atomic E-state index is 12.8. The minimum Gasteiger partial charge on any atom is -0.399 e. The quantitative estimate of drug-likeness (QED) is 0.560. The van der Waals surface area contributed by atoms with Crippen molar-refractivity contribution in [3.63, 3.8) is 0 Å². The number of hydrogen-bond acceptors (Lipinski definition) is 4. The second-order valence-corrected chi connectivity index (χ2v) is 7.22. The summed E-state index contributed by atoms with van der Waals surface area (Å²) >= 11 is 0. The average molecular weight is 378 g/mol. The highest BCUT2D eigenvalue weighted by molar-refractivity contribution is 6.02. The summed E-state index contributed by atoms with van der Waals surface area (Å²) in [7, 11) is 0. The van der Waals surface area contributed by atoms with Crippen LogP contribution in [0.15, 0.2) is 42.5 Å². The minimum absolute atomic E-state index is 0.0185. The zero-order valence-electron chi connectivity index (χ0n) is 15.4. The van der Waals surface area contributed by atoms with E-state index in [4.69, 9.17) is 5.73 Å². The molecule has 2 aliphatic rings. The third-order valence-electron chi connectivity index (χ3n) is 5.25. The van der Waals surface area contributed by atoms with E-state index in [1.54, 1.807) is 24.3 Å². The van der Waals surface area contributed by atoms with Crippen LogP contribution < -0.4 is 16.4 Å². The van der Waals surface area contributed by atoms with Crippen molar-refractivity contribution in [1.82, 2.24) is 15.5 Å². The van der Waals surface area contributed by atoms with E-state index in [-0.39, 0.29) is 30.9 Å². The van der Waals surface area contributed by atoms with Gasteiger partial charge in [-0.25, -0.2) is 4.79 Å². The number of anilines is 1. The van der Waals surface area contributed by atoms with Gasteiger partial charge in [-0.05, 0) is 60.2 Å². The van der Waals surface area contributed by atoms with E-state index in [1.165, 1.54) is 5.56 Å². The number of rotatable bonds is 4. The first-order chi connectivity index (χ1) is 13.5. The van der Waals surface area contributed by atoms with Crippen molar-refractivity contribution in [2.45, 2.75) is 31.8 Å². The molecule has 0 saturated carbocycles. The van der Waals surface area contributed by atoms with Gasteiger partial charge in [0, 0.05) is 11.3 Å². The Hall–Kier alpha value is -3.35. The van der Waals surface area contributed by atoms with E-state index < -0.39 is 6.03 Å². The fraction of sp³-hybridized carbons (Fsp3) is 0.286. The molecule has 0 radical (unpaired) electrons. The van der Waals surface area contributed by atoms with Crippen molar-refractivity contribution < 1.29 is 14.4 Å². The molecule has 0 spiro atoms. The van der Waals surface area contributed by atoms with Gasteiger partial charge in [0.1, 0.15) is 0 Å². The maximum absolute atomic E-state index is 12.8. The van der Waals surface area contributed by atoms with Crippen LogP contribution in [0.3, 0.4) is 0 Å². The summed E-state index contributed by atoms with van der Waals surface area (Å²) < 4.78 is 0. The second-order valence-electron chi connectivity index (χ2n) is 7.22. The molecule has 2 aromatic rings. The van der Waals surface area contributed by atoms with Crippen LogP contribution in [0, 0.1) is 0 Å². The van der Waals surface area contributed by atoms with Gasteiger partial charge in [-0.15, -0.1) is 0 Å². The molecule has 7 heteroatoms. The van der Waals surface area contributed by atoms with Gasteiger partial charge in [0.2, 0.25) is 5.91 Å². The number of aryl methyl sites for hydroxylation is 1. The first-order valence-corrected chi connectivity index (χ1v) is 9.37. The summed E-state index contributed by atoms with van der Waals surface area (Å²) in [6.07, 6.45) is 2.84. The van der Waals surface area contributed by atoms with Gasteiger partial charge in [-0.3, -0.25) is 14.5 Å². The minimum atomic E-state index is -0.405. The Morgan fingerprint density at radius 3 is 2.86 bits per heavy atom. The van der Waals surface area contributed by atoms with Crippen molar-refractivity contribution in [3.05, 3.63) is 64.7 Å². The fourth-order valence-corrected chi connectivity index (χ4v) is 3.83. The van der Waals surface area contributed by atoms with E-state index in [2.05, 4.69) is 10.6 Å². The Balaban J connectivity index is 1.49. The third kappa shape index (κ3) is 3.55. The van der Waals surface area contributed by atoms with Crippen molar-refractivity contribution in [2.75, 3.05) is 12.3 Å². The average Bonchev–Trinajstić information content (AvgIpc) is 3.00. The van der Waals surface area contributed by atoms with Crippen LogP contribution in [-0.2, 0) is 17.8 Å². The number of benzene rings is 2. The highest BCUT2D eigenvalue weighted by Gasteiger charge is 2.28. The largest absolute Gasteiger partial charge is 0.399 e. The second kappa shape index (κ2) is 7.34. The van der Waals surface area contributed by atoms with E-state index in [1.807, 2.05) is 18.2 Å². The number of urea groups is 1. The molecule has 1 heterocycles. The third-order valence-corrected chi connectivity index (χ3v) is 5.25. The molecule has 1 saturated heterocycles. The van der Waals surface area contributed by atoms with E-state index in [9.17, 15) is 14.4 Å². The van der Waals surface area contributed by atoms with Gasteiger partial charge in [0.15, 0.2) is 0 Å². The molecule has 0 aromatic heterocycles. The summed E-state index contributed by atoms with van der Waals surface area (Å²) in [5.74, 6) is -0.438. The molecular formula is C21H22N4O3. The Labute approximate surface area is 162 Å². The smallest absolute Gasteiger partial charge is 0.324 e. The fourth-order valence-electron chi connectivity index (χ4n) is 3.83. The molecule has 1 aliphatic heterocycles. The molecule has 4 rings (SSSR count). The number of imide groups is 1. The molecule has 28 heavy (non-hydrogen) atoms. The predicted molar refractivity (Wildman–Crippen MR) is 104 cm³/mol. The molecule has 0 bridgehead atoms. The van der Waals surface area contributed by atoms with E-state index >= 15 is 0 Å². The van der Waals surface area contributed by atoms with Gasteiger partial charge in [-0.1, -0.05) is 18.2 Å². The number of nitrogens with one attached hydrogen (secondary N) is 2. The lowest BCUT2D eigenvalue weighted by atomic mass is 9.87. The monoisotopic (exact) mass is 378 g/mol. The zero-order chi connectivity index (χ0) is 19.7. The molecule has 144 valence electrons. The Morgan fingerprint density at radius 1 is 1.21 bits per heavy atom. The summed E-state index contributed by atoms with van der Waals surface area (Å²) in [5.41, 5.74) is 10.2. The van der Waals surface area contributed by atoms with Crippen molar-refractivity contribution in [2.24, 2.45) is 0 Å². The summed E-state index contributed by atoms with van der Waals surface area (Å²) in [6.45, 7) is 0.169. The van der Waals surface area contributed by atoms with Gasteiger partial charge >= 0.3 is 6.03 Å². The zero-order valence-corrected chi connectivity index (χ0v) is 15.4. The predicted octanol–water partition coefficient (Wildman–Crippen LogP) is 2.13. The van der Waals surface area contributed by atoms with Crippen LogP contribution in [0.1, 0.15) is 45.9 Å². The number of fused-ring (bicyclic) bond motifs is 1. The van der Waals surface area contributed by atoms with Crippen LogP contribution in [0.25, 0.3) is 0 Å². The number of carbonyl (C=O) groups is 3. The van der Waals surface area contributed by atoms with Crippen LogP contribution in [0.5, 0.6) is 0 Å². The number of carbonyl (C=O) groups excluding carboxylic acids is 3. The van der Waals surface area contributed by atoms with Gasteiger partial charge in [0.25, 0.3) is 5.91 Å². The molecular weight excluding hydrogens is 356 g/mol. The van der Waals surface area contributed by atoms with Gasteiger partial charge in [-0.2, -0.15) is 0 Å². The normalized spacial score (nSPS) is 18.6. The number of nitrogens with zero attached hydrogens (tertiary/aromatic N) is 1. The lowest BCUT2D eigenvalue weighted by molar-refractivity contribution is -0.125. The highest BCUT2D eigenvalue weighted by Crippen LogP contribution is 2.31. The van der Waals surface area contributed by atoms with E-state index in [0.29, 0.717) is 5.56 Å². The van der Waals surface area contributed by atoms with Gasteiger partial charge < -0.3 is 16.4 Å². The maximum Gasteiger partial charge on any atom is 0.324 e. The van der Waals surface area contributed by atoms with Crippen LogP contribution in [0.2, 0.25) is 0 Å². The lowest BCUT2D eigenvalue weighted by Crippen LogP contribution is -2.32. The molecule has 4 amide bonds. The Bertz CT molecular complexity index is 940. The molecule has 4 N–H and O–H groups in total. The van der Waals surface area contributed by atoms with Crippen molar-refractivity contribution in [1.29, 1.82) is 0 Å². The Morgan fingerprint density at radius 2 is 2.07 bits per heavy atom. The molecule has 1 atom stereocenters. The van der Waals surface area contributed by atoms with Crippen LogP contribution in [-0.4, -0.2) is 29.3 Å². The number of amides is 4. The van der Waals surface area contributed by atoms with Crippen LogP contribution in [0.4, 0.5) is 10.5 Å². The molecule has 1 unspecified atom stereocenters. The summed E-state index contributed by atoms with van der Waals surface area (Å²) in [4.78, 5) is 37.4. The standard InChI is InChI=1S/C21H22N4O3/c22-16-7-8-17-14(10-16)4-2-6-18(17)24-20(27)15-5-1-3-13(9-15)12-25-19(26)11-23-21(25)28/h1,3,5,7-10,18H,2,4,6,11-12,22H2,(H,23,28)(H,24,27). The van der Waals surface area contributed by atoms with Crippen molar-refractivity contribution in [3.8, 4) is 0 Å². The summed E-state index contributed by atoms with van der Waals surface area (Å²) in [5, 5.41) is 5.60. The first-order valence-electron chi connectivity index (χ1n) is 9.37. The van der Waals surface area contributed by atoms with E-state index in [0.717, 1.165) is 41.0 Å². The molecule has 1 aliphatic carbocycles. The molecule has 1 fully saturated rings. The molecule has 2 aromatic carbocycles. The summed E-state index contributed by atoms with van der Waals surface area (Å²) in [6, 6.07) is 12.4. The SMILES string of the molecule is Nc1ccc2c(c1)CCCC2NC(=O)c1cccc(CN2C(=O)CNC2=O)c1. The van der Waals surface area contributed by atoms with Crippen LogP contribution >= 0.6 is 0 Å². The van der Waals surface area contributed by atoms with Gasteiger partial charge in [0.05, 0.1) is 19.1 Å². The topological polar surface area (TPSA) is 105 Å². The number of nitrogens with two attached hydrogens (primary N) is 1. The lowest BCUT2D eigenvalue weighted by Gasteiger charge is -2.26. The van der Waals surface area contributed by atoms with Crippen molar-refractivity contribution >= 4 is 23.5 Å². The molecule has 7 nitrogen and oxygen atoms in total.